The van der Waals surface area contributed by atoms with Gasteiger partial charge in [-0.15, -0.1) is 0 Å². The Balaban J connectivity index is 2.45. The lowest BCUT2D eigenvalue weighted by Gasteiger charge is -2.07. The first-order valence-corrected chi connectivity index (χ1v) is 4.96. The molecular weight excluding hydrogens is 260 g/mol. The van der Waals surface area contributed by atoms with Crippen molar-refractivity contribution in [2.24, 2.45) is 0 Å². The number of aromatic nitrogens is 2. The van der Waals surface area contributed by atoms with Gasteiger partial charge in [-0.25, -0.2) is 13.8 Å². The van der Waals surface area contributed by atoms with Crippen LogP contribution < -0.4 is 11.1 Å². The molecule has 0 amide bonds. The second-order valence-corrected chi connectivity index (χ2v) is 3.47. The lowest BCUT2D eigenvalue weighted by atomic mass is 10.3. The Bertz CT molecular complexity index is 650. The molecule has 1 aromatic heterocycles. The van der Waals surface area contributed by atoms with E-state index in [1.165, 1.54) is 0 Å². The molecule has 3 N–H and O–H groups in total. The average molecular weight is 267 g/mol. The van der Waals surface area contributed by atoms with E-state index in [1.54, 1.807) is 0 Å². The summed E-state index contributed by atoms with van der Waals surface area (Å²) in [6.45, 7) is 0. The van der Waals surface area contributed by atoms with E-state index in [2.05, 4.69) is 15.3 Å². The minimum atomic E-state index is -0.784. The molecule has 1 heterocycles. The number of hydrogen-bond donors (Lipinski definition) is 2. The summed E-state index contributed by atoms with van der Waals surface area (Å²) in [7, 11) is 0. The van der Waals surface area contributed by atoms with Crippen LogP contribution in [0.1, 0.15) is 0 Å². The third-order valence-electron chi connectivity index (χ3n) is 2.17. The topological polar surface area (TPSA) is 107 Å². The van der Waals surface area contributed by atoms with Gasteiger partial charge in [-0.2, -0.15) is 4.98 Å². The van der Waals surface area contributed by atoms with Gasteiger partial charge in [0.1, 0.15) is 17.8 Å². The van der Waals surface area contributed by atoms with E-state index in [0.29, 0.717) is 0 Å². The number of nitrogens with two attached hydrogens (primary N) is 1. The fourth-order valence-electron chi connectivity index (χ4n) is 1.34. The van der Waals surface area contributed by atoms with Gasteiger partial charge in [-0.1, -0.05) is 0 Å². The first-order valence-electron chi connectivity index (χ1n) is 4.96. The van der Waals surface area contributed by atoms with Gasteiger partial charge < -0.3 is 11.1 Å². The lowest BCUT2D eigenvalue weighted by Crippen LogP contribution is -2.05. The number of rotatable bonds is 3. The molecule has 9 heteroatoms. The Labute approximate surface area is 105 Å². The SMILES string of the molecule is Nc1ncc([N+](=O)[O-])c(Nc2cc(F)ccc2F)n1. The molecule has 2 rings (SSSR count). The number of anilines is 3. The molecule has 19 heavy (non-hydrogen) atoms. The van der Waals surface area contributed by atoms with E-state index >= 15 is 0 Å². The van der Waals surface area contributed by atoms with Crippen molar-refractivity contribution in [2.45, 2.75) is 0 Å². The maximum Gasteiger partial charge on any atom is 0.329 e. The summed E-state index contributed by atoms with van der Waals surface area (Å²) in [5.74, 6) is -2.03. The number of nitrogens with zero attached hydrogens (tertiary/aromatic N) is 3. The quantitative estimate of drug-likeness (QED) is 0.650. The standard InChI is InChI=1S/C10H7F2N5O2/c11-5-1-2-6(12)7(3-5)15-9-8(17(18)19)4-14-10(13)16-9/h1-4H,(H3,13,14,15,16). The minimum Gasteiger partial charge on any atom is -0.368 e. The van der Waals surface area contributed by atoms with Crippen molar-refractivity contribution in [2.75, 3.05) is 11.1 Å². The van der Waals surface area contributed by atoms with E-state index in [9.17, 15) is 18.9 Å². The molecule has 1 aromatic carbocycles. The molecule has 0 radical (unpaired) electrons. The van der Waals surface area contributed by atoms with E-state index in [1.807, 2.05) is 0 Å². The van der Waals surface area contributed by atoms with Crippen molar-refractivity contribution in [1.29, 1.82) is 0 Å². The third kappa shape index (κ3) is 2.70. The number of hydrogen-bond acceptors (Lipinski definition) is 6. The summed E-state index contributed by atoms with van der Waals surface area (Å²) >= 11 is 0. The maximum absolute atomic E-state index is 13.4. The molecule has 2 aromatic rings. The summed E-state index contributed by atoms with van der Waals surface area (Å²) in [6, 6.07) is 2.65. The van der Waals surface area contributed by atoms with Crippen LogP contribution in [0.3, 0.4) is 0 Å². The second kappa shape index (κ2) is 4.80. The Morgan fingerprint density at radius 1 is 1.37 bits per heavy atom. The summed E-state index contributed by atoms with van der Waals surface area (Å²) in [4.78, 5) is 17.0. The van der Waals surface area contributed by atoms with Gasteiger partial charge in [-0.3, -0.25) is 10.1 Å². The molecule has 7 nitrogen and oxygen atoms in total. The molecule has 98 valence electrons. The van der Waals surface area contributed by atoms with Gasteiger partial charge >= 0.3 is 5.69 Å². The van der Waals surface area contributed by atoms with E-state index in [4.69, 9.17) is 5.73 Å². The van der Waals surface area contributed by atoms with Crippen LogP contribution in [0, 0.1) is 21.7 Å². The molecule has 0 bridgehead atoms. The van der Waals surface area contributed by atoms with Crippen LogP contribution in [0.2, 0.25) is 0 Å². The van der Waals surface area contributed by atoms with Crippen molar-refractivity contribution in [3.8, 4) is 0 Å². The first-order chi connectivity index (χ1) is 8.97. The van der Waals surface area contributed by atoms with Gasteiger partial charge in [0.2, 0.25) is 11.8 Å². The molecule has 0 aliphatic heterocycles. The largest absolute Gasteiger partial charge is 0.368 e. The lowest BCUT2D eigenvalue weighted by molar-refractivity contribution is -0.384. The van der Waals surface area contributed by atoms with Crippen LogP contribution in [-0.2, 0) is 0 Å². The fraction of sp³-hybridized carbons (Fsp3) is 0. The van der Waals surface area contributed by atoms with E-state index in [-0.39, 0.29) is 17.5 Å². The van der Waals surface area contributed by atoms with Crippen LogP contribution in [0.5, 0.6) is 0 Å². The monoisotopic (exact) mass is 267 g/mol. The van der Waals surface area contributed by atoms with Crippen molar-refractivity contribution in [1.82, 2.24) is 9.97 Å². The van der Waals surface area contributed by atoms with Crippen LogP contribution in [0.15, 0.2) is 24.4 Å². The number of halogens is 2. The van der Waals surface area contributed by atoms with Gasteiger partial charge in [0, 0.05) is 6.07 Å². The highest BCUT2D eigenvalue weighted by Crippen LogP contribution is 2.26. The molecule has 0 aliphatic carbocycles. The van der Waals surface area contributed by atoms with Crippen LogP contribution in [0.25, 0.3) is 0 Å². The molecule has 0 fully saturated rings. The average Bonchev–Trinajstić information content (AvgIpc) is 2.33. The molecular formula is C10H7F2N5O2. The zero-order valence-electron chi connectivity index (χ0n) is 9.30. The zero-order chi connectivity index (χ0) is 14.0. The molecule has 0 saturated heterocycles. The van der Waals surface area contributed by atoms with E-state index in [0.717, 1.165) is 24.4 Å². The van der Waals surface area contributed by atoms with Gasteiger partial charge in [0.15, 0.2) is 0 Å². The predicted molar refractivity (Wildman–Crippen MR) is 62.7 cm³/mol. The van der Waals surface area contributed by atoms with Crippen LogP contribution >= 0.6 is 0 Å². The van der Waals surface area contributed by atoms with Crippen LogP contribution in [-0.4, -0.2) is 14.9 Å². The smallest absolute Gasteiger partial charge is 0.329 e. The molecule has 0 aliphatic rings. The maximum atomic E-state index is 13.4. The normalized spacial score (nSPS) is 10.2. The van der Waals surface area contributed by atoms with Gasteiger partial charge in [0.25, 0.3) is 0 Å². The van der Waals surface area contributed by atoms with Gasteiger partial charge in [0.05, 0.1) is 10.6 Å². The fourth-order valence-corrected chi connectivity index (χ4v) is 1.34. The van der Waals surface area contributed by atoms with Crippen molar-refractivity contribution in [3.05, 3.63) is 46.1 Å². The van der Waals surface area contributed by atoms with Crippen LogP contribution in [0.4, 0.5) is 31.9 Å². The molecule has 0 atom stereocenters. The van der Waals surface area contributed by atoms with Gasteiger partial charge in [-0.05, 0) is 12.1 Å². The summed E-state index contributed by atoms with van der Waals surface area (Å²) in [5.41, 5.74) is 4.50. The third-order valence-corrected chi connectivity index (χ3v) is 2.17. The highest BCUT2D eigenvalue weighted by Gasteiger charge is 2.18. The minimum absolute atomic E-state index is 0.232. The molecule has 0 spiro atoms. The summed E-state index contributed by atoms with van der Waals surface area (Å²) in [6.07, 6.45) is 0.877. The highest BCUT2D eigenvalue weighted by molar-refractivity contribution is 5.66. The number of nitrogen functional groups attached to an aromatic ring is 1. The first kappa shape index (κ1) is 12.6. The predicted octanol–water partition coefficient (Wildman–Crippen LogP) is 1.99. The second-order valence-electron chi connectivity index (χ2n) is 3.47. The van der Waals surface area contributed by atoms with Crippen molar-refractivity contribution >= 4 is 23.1 Å². The Morgan fingerprint density at radius 2 is 2.11 bits per heavy atom. The molecule has 0 unspecified atom stereocenters. The Morgan fingerprint density at radius 3 is 2.79 bits per heavy atom. The Kier molecular flexibility index (Phi) is 3.19. The van der Waals surface area contributed by atoms with Crippen molar-refractivity contribution < 1.29 is 13.7 Å². The van der Waals surface area contributed by atoms with Crippen molar-refractivity contribution in [3.63, 3.8) is 0 Å². The molecule has 0 saturated carbocycles. The highest BCUT2D eigenvalue weighted by atomic mass is 19.1. The summed E-state index contributed by atoms with van der Waals surface area (Å²) < 4.78 is 26.4. The number of nitrogens with one attached hydrogen (secondary N) is 1. The van der Waals surface area contributed by atoms with E-state index < -0.39 is 22.2 Å². The Hall–Kier alpha value is -2.84. The summed E-state index contributed by atoms with van der Waals surface area (Å²) in [5, 5.41) is 13.1. The number of benzene rings is 1. The zero-order valence-corrected chi connectivity index (χ0v) is 9.30. The number of nitro groups is 1.